The Hall–Kier alpha value is -3.02. The molecular formula is C30H24BrIN2O4S. The molecule has 0 aliphatic carbocycles. The lowest BCUT2D eigenvalue weighted by Gasteiger charge is -2.25. The summed E-state index contributed by atoms with van der Waals surface area (Å²) in [5.74, 6) is 0.170. The highest BCUT2D eigenvalue weighted by Crippen LogP contribution is 2.32. The van der Waals surface area contributed by atoms with Crippen molar-refractivity contribution in [3.63, 3.8) is 0 Å². The molecule has 0 radical (unpaired) electrons. The van der Waals surface area contributed by atoms with Crippen molar-refractivity contribution in [3.05, 3.63) is 128 Å². The SMILES string of the molecule is CCC1=C(C(=O)OC)[C@@H](c2ccccc2)n2c(s/c(=C\c3cc(Br)ccc3OCc3ccc(I)cc3)c2=O)=N1. The number of benzene rings is 3. The zero-order chi connectivity index (χ0) is 27.5. The molecule has 3 aromatic carbocycles. The molecule has 1 aliphatic rings. The maximum atomic E-state index is 13.9. The van der Waals surface area contributed by atoms with Gasteiger partial charge in [-0.1, -0.05) is 76.7 Å². The van der Waals surface area contributed by atoms with E-state index in [-0.39, 0.29) is 5.56 Å². The van der Waals surface area contributed by atoms with Crippen molar-refractivity contribution in [1.82, 2.24) is 4.57 Å². The van der Waals surface area contributed by atoms with Crippen molar-refractivity contribution in [2.45, 2.75) is 26.0 Å². The molecule has 5 rings (SSSR count). The number of hydrogen-bond donors (Lipinski definition) is 0. The van der Waals surface area contributed by atoms with Crippen LogP contribution in [-0.4, -0.2) is 17.6 Å². The smallest absolute Gasteiger partial charge is 0.338 e. The maximum Gasteiger partial charge on any atom is 0.338 e. The normalized spacial score (nSPS) is 15.1. The number of fused-ring (bicyclic) bond motifs is 1. The van der Waals surface area contributed by atoms with Gasteiger partial charge in [-0.15, -0.1) is 0 Å². The first-order chi connectivity index (χ1) is 18.9. The topological polar surface area (TPSA) is 69.9 Å². The molecule has 0 saturated carbocycles. The van der Waals surface area contributed by atoms with Gasteiger partial charge in [-0.3, -0.25) is 9.36 Å². The third-order valence-electron chi connectivity index (χ3n) is 6.33. The third-order valence-corrected chi connectivity index (χ3v) is 8.53. The minimum Gasteiger partial charge on any atom is -0.488 e. The van der Waals surface area contributed by atoms with E-state index in [1.807, 2.05) is 85.8 Å². The molecule has 0 bridgehead atoms. The lowest BCUT2D eigenvalue weighted by molar-refractivity contribution is -0.136. The predicted octanol–water partition coefficient (Wildman–Crippen LogP) is 5.74. The van der Waals surface area contributed by atoms with Crippen LogP contribution in [0.5, 0.6) is 5.75 Å². The van der Waals surface area contributed by atoms with Crippen LogP contribution in [0, 0.1) is 3.57 Å². The number of ether oxygens (including phenoxy) is 2. The summed E-state index contributed by atoms with van der Waals surface area (Å²) in [6, 6.07) is 22.7. The largest absolute Gasteiger partial charge is 0.488 e. The number of thiazole rings is 1. The molecule has 39 heavy (non-hydrogen) atoms. The van der Waals surface area contributed by atoms with Gasteiger partial charge in [0.1, 0.15) is 12.4 Å². The molecule has 0 saturated heterocycles. The van der Waals surface area contributed by atoms with Gasteiger partial charge < -0.3 is 9.47 Å². The maximum absolute atomic E-state index is 13.9. The standard InChI is InChI=1S/C30H24BrIN2O4S/c1-3-23-26(29(36)37-2)27(19-7-5-4-6-8-19)34-28(35)25(39-30(34)33-23)16-20-15-21(31)11-14-24(20)38-17-18-9-12-22(32)13-10-18/h4-16,27H,3,17H2,1-2H3/b25-16-/t27-/m1/s1. The van der Waals surface area contributed by atoms with Crippen molar-refractivity contribution in [1.29, 1.82) is 0 Å². The van der Waals surface area contributed by atoms with E-state index in [1.165, 1.54) is 18.4 Å². The molecule has 0 N–H and O–H groups in total. The first-order valence-electron chi connectivity index (χ1n) is 12.2. The number of esters is 1. The summed E-state index contributed by atoms with van der Waals surface area (Å²) in [5.41, 5.74) is 3.40. The quantitative estimate of drug-likeness (QED) is 0.181. The van der Waals surface area contributed by atoms with Crippen LogP contribution in [0.1, 0.15) is 36.1 Å². The fraction of sp³-hybridized carbons (Fsp3) is 0.167. The van der Waals surface area contributed by atoms with Gasteiger partial charge in [0, 0.05) is 13.6 Å². The highest BCUT2D eigenvalue weighted by atomic mass is 127. The molecule has 0 amide bonds. The molecule has 0 unspecified atom stereocenters. The van der Waals surface area contributed by atoms with Crippen LogP contribution >= 0.6 is 49.9 Å². The number of rotatable bonds is 7. The molecule has 1 atom stereocenters. The molecule has 1 aromatic heterocycles. The fourth-order valence-corrected chi connectivity index (χ4v) is 6.21. The van der Waals surface area contributed by atoms with Crippen LogP contribution in [0.3, 0.4) is 0 Å². The summed E-state index contributed by atoms with van der Waals surface area (Å²) in [7, 11) is 1.35. The summed E-state index contributed by atoms with van der Waals surface area (Å²) in [6.45, 7) is 2.34. The Labute approximate surface area is 251 Å². The fourth-order valence-electron chi connectivity index (χ4n) is 4.46. The van der Waals surface area contributed by atoms with Crippen molar-refractivity contribution in [2.24, 2.45) is 4.99 Å². The van der Waals surface area contributed by atoms with Crippen LogP contribution in [0.4, 0.5) is 0 Å². The molecule has 4 aromatic rings. The number of aromatic nitrogens is 1. The summed E-state index contributed by atoms with van der Waals surface area (Å²) in [6.07, 6.45) is 2.36. The predicted molar refractivity (Wildman–Crippen MR) is 164 cm³/mol. The van der Waals surface area contributed by atoms with Crippen LogP contribution in [-0.2, 0) is 16.1 Å². The van der Waals surface area contributed by atoms with E-state index in [0.717, 1.165) is 24.7 Å². The minimum absolute atomic E-state index is 0.229. The molecule has 1 aliphatic heterocycles. The monoisotopic (exact) mass is 714 g/mol. The molecule has 198 valence electrons. The summed E-state index contributed by atoms with van der Waals surface area (Å²) >= 11 is 7.12. The minimum atomic E-state index is -0.633. The van der Waals surface area contributed by atoms with E-state index in [1.54, 1.807) is 4.57 Å². The van der Waals surface area contributed by atoms with Crippen molar-refractivity contribution < 1.29 is 14.3 Å². The first-order valence-corrected chi connectivity index (χ1v) is 14.9. The van der Waals surface area contributed by atoms with E-state index >= 15 is 0 Å². The highest BCUT2D eigenvalue weighted by molar-refractivity contribution is 14.1. The molecular weight excluding hydrogens is 691 g/mol. The molecule has 6 nitrogen and oxygen atoms in total. The second kappa shape index (κ2) is 12.0. The van der Waals surface area contributed by atoms with Gasteiger partial charge in [0.05, 0.1) is 29.0 Å². The van der Waals surface area contributed by atoms with Crippen LogP contribution in [0.2, 0.25) is 0 Å². The Kier molecular flexibility index (Phi) is 8.49. The molecule has 9 heteroatoms. The van der Waals surface area contributed by atoms with E-state index in [4.69, 9.17) is 14.5 Å². The highest BCUT2D eigenvalue weighted by Gasteiger charge is 2.33. The Morgan fingerprint density at radius 1 is 1.13 bits per heavy atom. The lowest BCUT2D eigenvalue weighted by Crippen LogP contribution is -2.40. The first kappa shape index (κ1) is 27.5. The number of carbonyl (C=O) groups is 1. The number of methoxy groups -OCH3 is 1. The van der Waals surface area contributed by atoms with Gasteiger partial charge in [-0.2, -0.15) is 0 Å². The van der Waals surface area contributed by atoms with Gasteiger partial charge in [0.2, 0.25) is 0 Å². The van der Waals surface area contributed by atoms with E-state index in [2.05, 4.69) is 38.5 Å². The average molecular weight is 715 g/mol. The van der Waals surface area contributed by atoms with Crippen molar-refractivity contribution >= 4 is 61.9 Å². The molecule has 0 fully saturated rings. The number of carbonyl (C=O) groups excluding carboxylic acids is 1. The zero-order valence-electron chi connectivity index (χ0n) is 21.2. The van der Waals surface area contributed by atoms with Crippen molar-refractivity contribution in [2.75, 3.05) is 7.11 Å². The number of hydrogen-bond acceptors (Lipinski definition) is 6. The van der Waals surface area contributed by atoms with Gasteiger partial charge in [-0.05, 0) is 76.5 Å². The molecule has 0 spiro atoms. The Morgan fingerprint density at radius 2 is 1.87 bits per heavy atom. The number of allylic oxidation sites excluding steroid dienone is 1. The van der Waals surface area contributed by atoms with E-state index < -0.39 is 12.0 Å². The Bertz CT molecular complexity index is 1740. The van der Waals surface area contributed by atoms with Crippen LogP contribution in [0.15, 0.2) is 98.3 Å². The van der Waals surface area contributed by atoms with Gasteiger partial charge in [0.15, 0.2) is 4.80 Å². The zero-order valence-corrected chi connectivity index (χ0v) is 25.7. The number of nitrogens with zero attached hydrogens (tertiary/aromatic N) is 2. The summed E-state index contributed by atoms with van der Waals surface area (Å²) in [4.78, 5) is 32.1. The van der Waals surface area contributed by atoms with E-state index in [0.29, 0.717) is 39.4 Å². The van der Waals surface area contributed by atoms with Crippen LogP contribution in [0.25, 0.3) is 6.08 Å². The summed E-state index contributed by atoms with van der Waals surface area (Å²) < 4.78 is 15.4. The third kappa shape index (κ3) is 5.80. The number of halogens is 2. The molecule has 2 heterocycles. The second-order valence-electron chi connectivity index (χ2n) is 8.80. The van der Waals surface area contributed by atoms with Gasteiger partial charge in [0.25, 0.3) is 5.56 Å². The summed E-state index contributed by atoms with van der Waals surface area (Å²) in [5, 5.41) is 0. The van der Waals surface area contributed by atoms with Crippen LogP contribution < -0.4 is 19.6 Å². The average Bonchev–Trinajstić information content (AvgIpc) is 3.26. The van der Waals surface area contributed by atoms with Gasteiger partial charge in [-0.25, -0.2) is 9.79 Å². The Balaban J connectivity index is 1.63. The van der Waals surface area contributed by atoms with Crippen molar-refractivity contribution in [3.8, 4) is 5.75 Å². The van der Waals surface area contributed by atoms with Gasteiger partial charge >= 0.3 is 5.97 Å². The second-order valence-corrected chi connectivity index (χ2v) is 12.0. The Morgan fingerprint density at radius 3 is 2.56 bits per heavy atom. The lowest BCUT2D eigenvalue weighted by atomic mass is 9.95. The van der Waals surface area contributed by atoms with E-state index in [9.17, 15) is 9.59 Å².